The molecule has 1 heterocycles. The molecule has 106 valence electrons. The van der Waals surface area contributed by atoms with Gasteiger partial charge in [0.1, 0.15) is 6.54 Å². The van der Waals surface area contributed by atoms with Crippen LogP contribution in [-0.4, -0.2) is 34.8 Å². The molecule has 0 atom stereocenters. The van der Waals surface area contributed by atoms with Crippen molar-refractivity contribution in [1.82, 2.24) is 20.4 Å². The Balaban J connectivity index is 1.80. The molecule has 0 aliphatic heterocycles. The van der Waals surface area contributed by atoms with Gasteiger partial charge in [0, 0.05) is 17.8 Å². The highest BCUT2D eigenvalue weighted by atomic mass is 16.2. The zero-order valence-electron chi connectivity index (χ0n) is 12.1. The van der Waals surface area contributed by atoms with Crippen LogP contribution in [0.5, 0.6) is 0 Å². The summed E-state index contributed by atoms with van der Waals surface area (Å²) in [4.78, 5) is 12.0. The third-order valence-electron chi connectivity index (χ3n) is 3.90. The zero-order chi connectivity index (χ0) is 13.8. The summed E-state index contributed by atoms with van der Waals surface area (Å²) < 4.78 is 1.77. The van der Waals surface area contributed by atoms with Crippen molar-refractivity contribution in [3.05, 3.63) is 17.5 Å². The first-order valence-corrected chi connectivity index (χ1v) is 7.06. The maximum absolute atomic E-state index is 12.0. The van der Waals surface area contributed by atoms with Gasteiger partial charge in [-0.2, -0.15) is 5.10 Å². The standard InChI is InChI=1S/C14H24N4O/c1-10-8-11(2)18(17-10)9-14(19)16-13-6-4-12(15-3)5-7-13/h8,12-13,15H,4-7,9H2,1-3H3,(H,16,19). The lowest BCUT2D eigenvalue weighted by Crippen LogP contribution is -2.42. The molecule has 5 heteroatoms. The Bertz CT molecular complexity index is 433. The van der Waals surface area contributed by atoms with E-state index in [1.165, 1.54) is 0 Å². The van der Waals surface area contributed by atoms with Gasteiger partial charge in [0.25, 0.3) is 0 Å². The highest BCUT2D eigenvalue weighted by Gasteiger charge is 2.21. The Morgan fingerprint density at radius 1 is 1.32 bits per heavy atom. The van der Waals surface area contributed by atoms with Crippen LogP contribution in [0.2, 0.25) is 0 Å². The van der Waals surface area contributed by atoms with Gasteiger partial charge >= 0.3 is 0 Å². The molecular weight excluding hydrogens is 240 g/mol. The summed E-state index contributed by atoms with van der Waals surface area (Å²) in [6.07, 6.45) is 4.41. The molecule has 1 aromatic rings. The summed E-state index contributed by atoms with van der Waals surface area (Å²) >= 11 is 0. The first kappa shape index (κ1) is 14.1. The summed E-state index contributed by atoms with van der Waals surface area (Å²) in [5.41, 5.74) is 1.99. The highest BCUT2D eigenvalue weighted by molar-refractivity contribution is 5.76. The van der Waals surface area contributed by atoms with Gasteiger partial charge in [-0.05, 0) is 52.6 Å². The van der Waals surface area contributed by atoms with Gasteiger partial charge in [-0.1, -0.05) is 0 Å². The van der Waals surface area contributed by atoms with E-state index in [1.807, 2.05) is 27.0 Å². The van der Waals surface area contributed by atoms with Gasteiger partial charge < -0.3 is 10.6 Å². The first-order valence-electron chi connectivity index (χ1n) is 7.06. The molecule has 19 heavy (non-hydrogen) atoms. The van der Waals surface area contributed by atoms with Crippen LogP contribution in [0, 0.1) is 13.8 Å². The number of nitrogens with zero attached hydrogens (tertiary/aromatic N) is 2. The Hall–Kier alpha value is -1.36. The maximum atomic E-state index is 12.0. The van der Waals surface area contributed by atoms with E-state index in [4.69, 9.17) is 0 Å². The second kappa shape index (κ2) is 6.19. The molecule has 1 aliphatic rings. The Morgan fingerprint density at radius 2 is 1.95 bits per heavy atom. The SMILES string of the molecule is CNC1CCC(NC(=O)Cn2nc(C)cc2C)CC1. The van der Waals surface area contributed by atoms with Gasteiger partial charge in [0.2, 0.25) is 5.91 Å². The molecule has 2 rings (SSSR count). The molecule has 0 radical (unpaired) electrons. The van der Waals surface area contributed by atoms with Crippen molar-refractivity contribution >= 4 is 5.91 Å². The number of aromatic nitrogens is 2. The summed E-state index contributed by atoms with van der Waals surface area (Å²) in [6, 6.07) is 2.93. The Morgan fingerprint density at radius 3 is 2.47 bits per heavy atom. The summed E-state index contributed by atoms with van der Waals surface area (Å²) in [5.74, 6) is 0.0686. The molecule has 1 aromatic heterocycles. The van der Waals surface area contributed by atoms with Crippen molar-refractivity contribution in [3.63, 3.8) is 0 Å². The van der Waals surface area contributed by atoms with Crippen molar-refractivity contribution < 1.29 is 4.79 Å². The van der Waals surface area contributed by atoms with E-state index in [1.54, 1.807) is 4.68 Å². The summed E-state index contributed by atoms with van der Waals surface area (Å²) in [6.45, 7) is 4.25. The summed E-state index contributed by atoms with van der Waals surface area (Å²) in [5, 5.41) is 10.7. The van der Waals surface area contributed by atoms with Crippen LogP contribution in [0.3, 0.4) is 0 Å². The van der Waals surface area contributed by atoms with Crippen molar-refractivity contribution in [2.45, 2.75) is 58.2 Å². The molecule has 1 fully saturated rings. The van der Waals surface area contributed by atoms with Crippen LogP contribution >= 0.6 is 0 Å². The molecule has 0 saturated heterocycles. The van der Waals surface area contributed by atoms with E-state index in [0.29, 0.717) is 18.6 Å². The van der Waals surface area contributed by atoms with Crippen molar-refractivity contribution in [2.24, 2.45) is 0 Å². The summed E-state index contributed by atoms with van der Waals surface area (Å²) in [7, 11) is 2.01. The van der Waals surface area contributed by atoms with Gasteiger partial charge in [-0.15, -0.1) is 0 Å². The average molecular weight is 264 g/mol. The molecular formula is C14H24N4O. The number of carbonyl (C=O) groups excluding carboxylic acids is 1. The lowest BCUT2D eigenvalue weighted by Gasteiger charge is -2.28. The third-order valence-corrected chi connectivity index (χ3v) is 3.90. The Kier molecular flexibility index (Phi) is 4.58. The van der Waals surface area contributed by atoms with Crippen LogP contribution in [-0.2, 0) is 11.3 Å². The predicted octanol–water partition coefficient (Wildman–Crippen LogP) is 1.15. The lowest BCUT2D eigenvalue weighted by molar-refractivity contribution is -0.122. The van der Waals surface area contributed by atoms with E-state index < -0.39 is 0 Å². The quantitative estimate of drug-likeness (QED) is 0.857. The van der Waals surface area contributed by atoms with E-state index in [0.717, 1.165) is 37.1 Å². The minimum atomic E-state index is 0.0686. The number of carbonyl (C=O) groups is 1. The molecule has 0 spiro atoms. The van der Waals surface area contributed by atoms with Crippen LogP contribution < -0.4 is 10.6 Å². The Labute approximate surface area is 114 Å². The lowest BCUT2D eigenvalue weighted by atomic mass is 9.91. The molecule has 1 amide bonds. The van der Waals surface area contributed by atoms with Gasteiger partial charge in [-0.3, -0.25) is 9.48 Å². The highest BCUT2D eigenvalue weighted by Crippen LogP contribution is 2.18. The van der Waals surface area contributed by atoms with Crippen LogP contribution in [0.15, 0.2) is 6.07 Å². The number of nitrogens with one attached hydrogen (secondary N) is 2. The fourth-order valence-electron chi connectivity index (χ4n) is 2.77. The fraction of sp³-hybridized carbons (Fsp3) is 0.714. The molecule has 0 aromatic carbocycles. The number of hydrogen-bond acceptors (Lipinski definition) is 3. The molecule has 0 bridgehead atoms. The smallest absolute Gasteiger partial charge is 0.241 e. The average Bonchev–Trinajstić information content (AvgIpc) is 2.68. The van der Waals surface area contributed by atoms with Crippen molar-refractivity contribution in [3.8, 4) is 0 Å². The molecule has 5 nitrogen and oxygen atoms in total. The second-order valence-corrected chi connectivity index (χ2v) is 5.49. The minimum Gasteiger partial charge on any atom is -0.352 e. The topological polar surface area (TPSA) is 58.9 Å². The van der Waals surface area contributed by atoms with E-state index in [2.05, 4.69) is 15.7 Å². The van der Waals surface area contributed by atoms with Crippen LogP contribution in [0.4, 0.5) is 0 Å². The van der Waals surface area contributed by atoms with E-state index in [9.17, 15) is 4.79 Å². The predicted molar refractivity (Wildman–Crippen MR) is 74.9 cm³/mol. The normalized spacial score (nSPS) is 23.3. The second-order valence-electron chi connectivity index (χ2n) is 5.49. The minimum absolute atomic E-state index is 0.0686. The largest absolute Gasteiger partial charge is 0.352 e. The van der Waals surface area contributed by atoms with Crippen molar-refractivity contribution in [1.29, 1.82) is 0 Å². The zero-order valence-corrected chi connectivity index (χ0v) is 12.1. The third kappa shape index (κ3) is 3.80. The van der Waals surface area contributed by atoms with Gasteiger partial charge in [0.05, 0.1) is 5.69 Å². The van der Waals surface area contributed by atoms with Gasteiger partial charge in [0.15, 0.2) is 0 Å². The molecule has 1 saturated carbocycles. The monoisotopic (exact) mass is 264 g/mol. The number of amides is 1. The molecule has 1 aliphatic carbocycles. The number of rotatable bonds is 4. The number of aryl methyl sites for hydroxylation is 2. The fourth-order valence-corrected chi connectivity index (χ4v) is 2.77. The molecule has 0 unspecified atom stereocenters. The first-order chi connectivity index (χ1) is 9.08. The van der Waals surface area contributed by atoms with Gasteiger partial charge in [-0.25, -0.2) is 0 Å². The van der Waals surface area contributed by atoms with Crippen LogP contribution in [0.1, 0.15) is 37.1 Å². The maximum Gasteiger partial charge on any atom is 0.241 e. The van der Waals surface area contributed by atoms with E-state index >= 15 is 0 Å². The molecule has 2 N–H and O–H groups in total. The number of hydrogen-bond donors (Lipinski definition) is 2. The van der Waals surface area contributed by atoms with Crippen molar-refractivity contribution in [2.75, 3.05) is 7.05 Å². The van der Waals surface area contributed by atoms with Crippen LogP contribution in [0.25, 0.3) is 0 Å². The van der Waals surface area contributed by atoms with E-state index in [-0.39, 0.29) is 5.91 Å².